The number of aromatic nitrogens is 2. The number of hydrogen-bond acceptors (Lipinski definition) is 7. The zero-order valence-electron chi connectivity index (χ0n) is 12.6. The summed E-state index contributed by atoms with van der Waals surface area (Å²) in [5.41, 5.74) is 0. The molecule has 1 saturated heterocycles. The molecule has 0 spiro atoms. The van der Waals surface area contributed by atoms with Crippen molar-refractivity contribution in [1.82, 2.24) is 25.7 Å². The van der Waals surface area contributed by atoms with E-state index in [2.05, 4.69) is 25.7 Å². The van der Waals surface area contributed by atoms with Gasteiger partial charge in [0.2, 0.25) is 11.8 Å². The van der Waals surface area contributed by atoms with Gasteiger partial charge in [-0.2, -0.15) is 16.7 Å². The van der Waals surface area contributed by atoms with Gasteiger partial charge in [-0.3, -0.25) is 9.59 Å². The van der Waals surface area contributed by atoms with E-state index in [1.54, 1.807) is 11.8 Å². The van der Waals surface area contributed by atoms with Gasteiger partial charge >= 0.3 is 0 Å². The highest BCUT2D eigenvalue weighted by Crippen LogP contribution is 2.09. The molecule has 122 valence electrons. The number of rotatable bonds is 8. The van der Waals surface area contributed by atoms with Crippen LogP contribution in [0.5, 0.6) is 0 Å². The number of nitrogens with zero attached hydrogens (tertiary/aromatic N) is 3. The van der Waals surface area contributed by atoms with Gasteiger partial charge in [0.1, 0.15) is 0 Å². The molecule has 1 aromatic heterocycles. The zero-order valence-corrected chi connectivity index (χ0v) is 13.4. The van der Waals surface area contributed by atoms with Gasteiger partial charge in [0.05, 0.1) is 12.3 Å². The number of likely N-dealkylation sites (tertiary alicyclic amines) is 1. The molecule has 9 heteroatoms. The van der Waals surface area contributed by atoms with Crippen LogP contribution in [0.2, 0.25) is 0 Å². The van der Waals surface area contributed by atoms with Crippen molar-refractivity contribution < 1.29 is 14.1 Å². The highest BCUT2D eigenvalue weighted by atomic mass is 32.2. The van der Waals surface area contributed by atoms with E-state index in [-0.39, 0.29) is 24.2 Å². The van der Waals surface area contributed by atoms with E-state index in [0.717, 1.165) is 12.3 Å². The maximum atomic E-state index is 11.7. The van der Waals surface area contributed by atoms with Crippen LogP contribution in [0.15, 0.2) is 4.52 Å². The lowest BCUT2D eigenvalue weighted by molar-refractivity contribution is -0.118. The van der Waals surface area contributed by atoms with Crippen molar-refractivity contribution in [2.75, 3.05) is 38.2 Å². The molecule has 2 heterocycles. The quantitative estimate of drug-likeness (QED) is 0.642. The molecule has 2 N–H and O–H groups in total. The third-order valence-electron chi connectivity index (χ3n) is 3.32. The van der Waals surface area contributed by atoms with Gasteiger partial charge in [-0.15, -0.1) is 0 Å². The Morgan fingerprint density at radius 3 is 2.86 bits per heavy atom. The number of thioether (sulfide) groups is 1. The first kappa shape index (κ1) is 16.8. The molecule has 0 radical (unpaired) electrons. The van der Waals surface area contributed by atoms with Crippen molar-refractivity contribution in [3.05, 3.63) is 11.7 Å². The molecule has 1 aromatic rings. The van der Waals surface area contributed by atoms with Crippen molar-refractivity contribution in [2.45, 2.75) is 19.4 Å². The van der Waals surface area contributed by atoms with Crippen LogP contribution in [-0.4, -0.2) is 65.0 Å². The smallest absolute Gasteiger partial charge is 0.292 e. The van der Waals surface area contributed by atoms with Crippen molar-refractivity contribution in [1.29, 1.82) is 0 Å². The Morgan fingerprint density at radius 1 is 1.36 bits per heavy atom. The van der Waals surface area contributed by atoms with E-state index >= 15 is 0 Å². The summed E-state index contributed by atoms with van der Waals surface area (Å²) in [5.74, 6) is 1.05. The third-order valence-corrected chi connectivity index (χ3v) is 4.26. The lowest BCUT2D eigenvalue weighted by Gasteiger charge is -2.13. The molecule has 0 saturated carbocycles. The highest BCUT2D eigenvalue weighted by Gasteiger charge is 2.14. The standard InChI is InChI=1S/C13H21N5O3S/c1-14-13(20)12-16-11(21-17-12)8-15-10(19)9-22-7-6-18-4-2-3-5-18/h2-9H2,1H3,(H,14,20)(H,15,19). The number of amides is 2. The third kappa shape index (κ3) is 5.30. The monoisotopic (exact) mass is 327 g/mol. The average molecular weight is 327 g/mol. The molecule has 0 aromatic carbocycles. The summed E-state index contributed by atoms with van der Waals surface area (Å²) in [4.78, 5) is 29.3. The van der Waals surface area contributed by atoms with Crippen LogP contribution in [-0.2, 0) is 11.3 Å². The second kappa shape index (κ2) is 8.74. The van der Waals surface area contributed by atoms with Crippen LogP contribution in [0, 0.1) is 0 Å². The summed E-state index contributed by atoms with van der Waals surface area (Å²) < 4.78 is 4.88. The molecule has 1 aliphatic rings. The SMILES string of the molecule is CNC(=O)c1noc(CNC(=O)CSCCN2CCCC2)n1. The van der Waals surface area contributed by atoms with Gasteiger partial charge in [0, 0.05) is 19.3 Å². The van der Waals surface area contributed by atoms with Crippen LogP contribution < -0.4 is 10.6 Å². The fourth-order valence-electron chi connectivity index (χ4n) is 2.12. The lowest BCUT2D eigenvalue weighted by Crippen LogP contribution is -2.26. The largest absolute Gasteiger partial charge is 0.352 e. The molecule has 2 rings (SSSR count). The van der Waals surface area contributed by atoms with Gasteiger partial charge in [-0.05, 0) is 25.9 Å². The molecule has 8 nitrogen and oxygen atoms in total. The second-order valence-corrected chi connectivity index (χ2v) is 6.07. The molecule has 0 atom stereocenters. The van der Waals surface area contributed by atoms with Gasteiger partial charge in [0.15, 0.2) is 0 Å². The minimum Gasteiger partial charge on any atom is -0.352 e. The summed E-state index contributed by atoms with van der Waals surface area (Å²) in [5, 5.41) is 8.62. The first-order chi connectivity index (χ1) is 10.7. The van der Waals surface area contributed by atoms with E-state index in [0.29, 0.717) is 5.75 Å². The molecule has 2 amide bonds. The van der Waals surface area contributed by atoms with E-state index in [1.165, 1.54) is 33.0 Å². The van der Waals surface area contributed by atoms with Crippen LogP contribution in [0.4, 0.5) is 0 Å². The van der Waals surface area contributed by atoms with Crippen LogP contribution in [0.25, 0.3) is 0 Å². The van der Waals surface area contributed by atoms with E-state index < -0.39 is 5.91 Å². The lowest BCUT2D eigenvalue weighted by atomic mass is 10.4. The fourth-order valence-corrected chi connectivity index (χ4v) is 2.94. The molecular formula is C13H21N5O3S. The molecule has 22 heavy (non-hydrogen) atoms. The molecule has 0 bridgehead atoms. The van der Waals surface area contributed by atoms with Gasteiger partial charge in [-0.25, -0.2) is 0 Å². The Hall–Kier alpha value is -1.61. The molecule has 0 unspecified atom stereocenters. The highest BCUT2D eigenvalue weighted by molar-refractivity contribution is 7.99. The van der Waals surface area contributed by atoms with Crippen molar-refractivity contribution >= 4 is 23.6 Å². The Bertz CT molecular complexity index is 502. The molecule has 0 aliphatic carbocycles. The normalized spacial score (nSPS) is 15.0. The summed E-state index contributed by atoms with van der Waals surface area (Å²) in [6.07, 6.45) is 2.57. The predicted octanol–water partition coefficient (Wildman–Crippen LogP) is -0.126. The topological polar surface area (TPSA) is 100 Å². The van der Waals surface area contributed by atoms with E-state index in [1.807, 2.05) is 0 Å². The van der Waals surface area contributed by atoms with Crippen LogP contribution in [0.3, 0.4) is 0 Å². The van der Waals surface area contributed by atoms with Gasteiger partial charge < -0.3 is 20.1 Å². The number of carbonyl (C=O) groups is 2. The summed E-state index contributed by atoms with van der Waals surface area (Å²) in [6.45, 7) is 3.53. The molecule has 1 fully saturated rings. The number of nitrogens with one attached hydrogen (secondary N) is 2. The Labute approximate surface area is 133 Å². The van der Waals surface area contributed by atoms with Crippen molar-refractivity contribution in [2.24, 2.45) is 0 Å². The average Bonchev–Trinajstić information content (AvgIpc) is 3.20. The maximum absolute atomic E-state index is 11.7. The summed E-state index contributed by atoms with van der Waals surface area (Å²) >= 11 is 1.61. The molecule has 1 aliphatic heterocycles. The van der Waals surface area contributed by atoms with Crippen molar-refractivity contribution in [3.8, 4) is 0 Å². The van der Waals surface area contributed by atoms with Gasteiger partial charge in [-0.1, -0.05) is 5.16 Å². The van der Waals surface area contributed by atoms with E-state index in [9.17, 15) is 9.59 Å². The Balaban J connectivity index is 1.58. The van der Waals surface area contributed by atoms with Crippen LogP contribution >= 0.6 is 11.8 Å². The zero-order chi connectivity index (χ0) is 15.8. The Kier molecular flexibility index (Phi) is 6.66. The number of carbonyl (C=O) groups excluding carboxylic acids is 2. The molecular weight excluding hydrogens is 306 g/mol. The fraction of sp³-hybridized carbons (Fsp3) is 0.692. The van der Waals surface area contributed by atoms with Gasteiger partial charge in [0.25, 0.3) is 11.7 Å². The Morgan fingerprint density at radius 2 is 2.14 bits per heavy atom. The summed E-state index contributed by atoms with van der Waals surface area (Å²) in [6, 6.07) is 0. The minimum atomic E-state index is -0.418. The van der Waals surface area contributed by atoms with Crippen LogP contribution in [0.1, 0.15) is 29.4 Å². The summed E-state index contributed by atoms with van der Waals surface area (Å²) in [7, 11) is 1.49. The first-order valence-electron chi connectivity index (χ1n) is 7.30. The predicted molar refractivity (Wildman–Crippen MR) is 82.5 cm³/mol. The van der Waals surface area contributed by atoms with E-state index in [4.69, 9.17) is 4.52 Å². The minimum absolute atomic E-state index is 0.0354. The second-order valence-electron chi connectivity index (χ2n) is 4.97. The van der Waals surface area contributed by atoms with Crippen molar-refractivity contribution in [3.63, 3.8) is 0 Å². The first-order valence-corrected chi connectivity index (χ1v) is 8.46. The maximum Gasteiger partial charge on any atom is 0.292 e. The number of hydrogen-bond donors (Lipinski definition) is 2.